The van der Waals surface area contributed by atoms with E-state index in [0.717, 1.165) is 38.5 Å². The standard InChI is InChI=1S/C58H48N4/c1-56(2)28-29-57(3,4)50-34-52-46(33-49(50)56)44-18-10-12-21-51(44)62(52)40-26-24-36-30-38(23-22-37(36)31-40)53-59-54(61-55(60-53)45-19-13-15-35-14-7-8-16-41(35)45)39-25-27-43-42-17-9-11-20-47(42)58(5,6)48(43)32-39/h7-27,30-34H,28-29H2,1-6H3. The van der Waals surface area contributed by atoms with Crippen molar-refractivity contribution in [2.24, 2.45) is 0 Å². The van der Waals surface area contributed by atoms with Gasteiger partial charge < -0.3 is 4.57 Å². The van der Waals surface area contributed by atoms with Crippen molar-refractivity contribution in [1.82, 2.24) is 19.5 Å². The molecule has 0 spiro atoms. The van der Waals surface area contributed by atoms with Crippen LogP contribution in [0.15, 0.2) is 158 Å². The second kappa shape index (κ2) is 13.0. The molecule has 0 aliphatic heterocycles. The second-order valence-electron chi connectivity index (χ2n) is 19.5. The highest BCUT2D eigenvalue weighted by Crippen LogP contribution is 2.50. The molecule has 0 N–H and O–H groups in total. The van der Waals surface area contributed by atoms with Gasteiger partial charge in [-0.25, -0.2) is 15.0 Å². The van der Waals surface area contributed by atoms with Crippen LogP contribution >= 0.6 is 0 Å². The largest absolute Gasteiger partial charge is 0.309 e. The van der Waals surface area contributed by atoms with Crippen LogP contribution in [0.1, 0.15) is 76.6 Å². The summed E-state index contributed by atoms with van der Waals surface area (Å²) in [7, 11) is 0. The zero-order chi connectivity index (χ0) is 42.1. The van der Waals surface area contributed by atoms with Crippen LogP contribution in [0.5, 0.6) is 0 Å². The SMILES string of the molecule is CC1(C)CCC(C)(C)c2cc3c(cc21)c1ccccc1n3-c1ccc2cc(-c3nc(-c4ccc5c(c4)C(C)(C)c4ccccc4-5)nc(-c4cccc5ccccc45)n3)ccc2c1. The molecule has 0 saturated carbocycles. The molecule has 62 heavy (non-hydrogen) atoms. The van der Waals surface area contributed by atoms with Crippen LogP contribution in [0.3, 0.4) is 0 Å². The Morgan fingerprint density at radius 1 is 0.387 bits per heavy atom. The van der Waals surface area contributed by atoms with Crippen molar-refractivity contribution in [3.8, 4) is 51.0 Å². The predicted octanol–water partition coefficient (Wildman–Crippen LogP) is 14.9. The predicted molar refractivity (Wildman–Crippen MR) is 258 cm³/mol. The highest BCUT2D eigenvalue weighted by atomic mass is 15.0. The van der Waals surface area contributed by atoms with Crippen LogP contribution in [0.2, 0.25) is 0 Å². The van der Waals surface area contributed by atoms with E-state index in [1.807, 2.05) is 0 Å². The van der Waals surface area contributed by atoms with Crippen molar-refractivity contribution in [2.75, 3.05) is 0 Å². The molecule has 10 aromatic rings. The van der Waals surface area contributed by atoms with Crippen molar-refractivity contribution in [1.29, 1.82) is 0 Å². The molecule has 2 heterocycles. The second-order valence-corrected chi connectivity index (χ2v) is 19.5. The van der Waals surface area contributed by atoms with Gasteiger partial charge in [-0.3, -0.25) is 0 Å². The third-order valence-corrected chi connectivity index (χ3v) is 14.5. The van der Waals surface area contributed by atoms with Crippen LogP contribution in [-0.4, -0.2) is 19.5 Å². The Hall–Kier alpha value is -6.91. The summed E-state index contributed by atoms with van der Waals surface area (Å²) < 4.78 is 2.47. The Labute approximate surface area is 363 Å². The Morgan fingerprint density at radius 3 is 1.81 bits per heavy atom. The van der Waals surface area contributed by atoms with E-state index in [1.165, 1.54) is 73.4 Å². The number of aromatic nitrogens is 4. The van der Waals surface area contributed by atoms with Crippen molar-refractivity contribution >= 4 is 43.4 Å². The quantitative estimate of drug-likeness (QED) is 0.178. The molecule has 0 radical (unpaired) electrons. The molecule has 0 atom stereocenters. The number of hydrogen-bond acceptors (Lipinski definition) is 3. The van der Waals surface area contributed by atoms with Gasteiger partial charge in [-0.05, 0) is 121 Å². The van der Waals surface area contributed by atoms with E-state index >= 15 is 0 Å². The van der Waals surface area contributed by atoms with Crippen molar-refractivity contribution in [2.45, 2.75) is 70.6 Å². The maximum Gasteiger partial charge on any atom is 0.164 e. The molecule has 2 aliphatic rings. The summed E-state index contributed by atoms with van der Waals surface area (Å²) in [5.41, 5.74) is 14.9. The van der Waals surface area contributed by atoms with Crippen LogP contribution < -0.4 is 0 Å². The lowest BCUT2D eigenvalue weighted by Crippen LogP contribution is -2.33. The molecule has 300 valence electrons. The fourth-order valence-corrected chi connectivity index (χ4v) is 10.8. The molecule has 0 amide bonds. The minimum atomic E-state index is -0.139. The van der Waals surface area contributed by atoms with Gasteiger partial charge in [-0.2, -0.15) is 0 Å². The number of rotatable bonds is 4. The molecule has 4 nitrogen and oxygen atoms in total. The van der Waals surface area contributed by atoms with Gasteiger partial charge in [0.1, 0.15) is 0 Å². The molecule has 0 bridgehead atoms. The minimum absolute atomic E-state index is 0.117. The lowest BCUT2D eigenvalue weighted by molar-refractivity contribution is 0.332. The first-order valence-corrected chi connectivity index (χ1v) is 22.1. The minimum Gasteiger partial charge on any atom is -0.309 e. The third-order valence-electron chi connectivity index (χ3n) is 14.5. The normalized spacial score (nSPS) is 15.8. The molecular formula is C58H48N4. The van der Waals surface area contributed by atoms with Gasteiger partial charge in [-0.1, -0.05) is 157 Å². The van der Waals surface area contributed by atoms with E-state index in [4.69, 9.17) is 15.0 Å². The maximum absolute atomic E-state index is 5.27. The zero-order valence-corrected chi connectivity index (χ0v) is 36.2. The maximum atomic E-state index is 5.27. The number of nitrogens with zero attached hydrogens (tertiary/aromatic N) is 4. The van der Waals surface area contributed by atoms with Crippen LogP contribution in [0.4, 0.5) is 0 Å². The smallest absolute Gasteiger partial charge is 0.164 e. The van der Waals surface area contributed by atoms with Crippen molar-refractivity contribution < 1.29 is 0 Å². The molecule has 12 rings (SSSR count). The van der Waals surface area contributed by atoms with Crippen molar-refractivity contribution in [3.05, 3.63) is 180 Å². The molecule has 8 aromatic carbocycles. The highest BCUT2D eigenvalue weighted by molar-refractivity contribution is 6.10. The lowest BCUT2D eigenvalue weighted by Gasteiger charge is -2.42. The Morgan fingerprint density at radius 2 is 0.984 bits per heavy atom. The summed E-state index contributed by atoms with van der Waals surface area (Å²) in [4.78, 5) is 15.8. The Balaban J connectivity index is 1.01. The summed E-state index contributed by atoms with van der Waals surface area (Å²) in [6.45, 7) is 14.3. The fourth-order valence-electron chi connectivity index (χ4n) is 10.8. The summed E-state index contributed by atoms with van der Waals surface area (Å²) in [6.07, 6.45) is 2.38. The van der Waals surface area contributed by atoms with Crippen LogP contribution in [-0.2, 0) is 16.2 Å². The van der Waals surface area contributed by atoms with E-state index in [-0.39, 0.29) is 16.2 Å². The van der Waals surface area contributed by atoms with E-state index in [2.05, 4.69) is 204 Å². The molecule has 4 heteroatoms. The summed E-state index contributed by atoms with van der Waals surface area (Å²) in [6, 6.07) is 57.8. The number of fused-ring (bicyclic) bond motifs is 9. The summed E-state index contributed by atoms with van der Waals surface area (Å²) in [5.74, 6) is 1.99. The molecule has 0 unspecified atom stereocenters. The molecule has 2 aliphatic carbocycles. The molecular weight excluding hydrogens is 753 g/mol. The number of benzene rings is 8. The van der Waals surface area contributed by atoms with E-state index in [9.17, 15) is 0 Å². The van der Waals surface area contributed by atoms with Crippen LogP contribution in [0.25, 0.3) is 94.3 Å². The van der Waals surface area contributed by atoms with Crippen molar-refractivity contribution in [3.63, 3.8) is 0 Å². The van der Waals surface area contributed by atoms with Gasteiger partial charge >= 0.3 is 0 Å². The summed E-state index contributed by atoms with van der Waals surface area (Å²) in [5, 5.41) is 7.20. The fraction of sp³-hybridized carbons (Fsp3) is 0.190. The van der Waals surface area contributed by atoms with E-state index < -0.39 is 0 Å². The topological polar surface area (TPSA) is 43.6 Å². The van der Waals surface area contributed by atoms with E-state index in [0.29, 0.717) is 17.5 Å². The Kier molecular flexibility index (Phi) is 7.77. The molecule has 0 fully saturated rings. The third kappa shape index (κ3) is 5.48. The first-order chi connectivity index (χ1) is 29.9. The summed E-state index contributed by atoms with van der Waals surface area (Å²) >= 11 is 0. The average molecular weight is 801 g/mol. The van der Waals surface area contributed by atoms with Crippen LogP contribution in [0, 0.1) is 0 Å². The molecule has 2 aromatic heterocycles. The number of para-hydroxylation sites is 1. The first kappa shape index (κ1) is 36.9. The monoisotopic (exact) mass is 800 g/mol. The Bertz CT molecular complexity index is 3500. The highest BCUT2D eigenvalue weighted by Gasteiger charge is 2.38. The molecule has 0 saturated heterocycles. The average Bonchev–Trinajstić information content (AvgIpc) is 3.74. The lowest BCUT2D eigenvalue weighted by atomic mass is 9.63. The number of hydrogen-bond donors (Lipinski definition) is 0. The first-order valence-electron chi connectivity index (χ1n) is 22.1. The van der Waals surface area contributed by atoms with Gasteiger partial charge in [-0.15, -0.1) is 0 Å². The van der Waals surface area contributed by atoms with Gasteiger partial charge in [0.25, 0.3) is 0 Å². The van der Waals surface area contributed by atoms with Gasteiger partial charge in [0, 0.05) is 38.6 Å². The zero-order valence-electron chi connectivity index (χ0n) is 36.2. The van der Waals surface area contributed by atoms with Gasteiger partial charge in [0.2, 0.25) is 0 Å². The van der Waals surface area contributed by atoms with E-state index in [1.54, 1.807) is 0 Å². The van der Waals surface area contributed by atoms with Gasteiger partial charge in [0.15, 0.2) is 17.5 Å². The van der Waals surface area contributed by atoms with Gasteiger partial charge in [0.05, 0.1) is 11.0 Å².